The Hall–Kier alpha value is -0.180. The second kappa shape index (κ2) is 5.64. The van der Waals surface area contributed by atoms with E-state index in [-0.39, 0.29) is 11.8 Å². The highest BCUT2D eigenvalue weighted by Crippen LogP contribution is 2.38. The van der Waals surface area contributed by atoms with E-state index in [2.05, 4.69) is 4.74 Å². The number of ether oxygens (including phenoxy) is 1. The predicted molar refractivity (Wildman–Crippen MR) is 54.7 cm³/mol. The molecule has 1 nitrogen and oxygen atoms in total. The first-order chi connectivity index (χ1) is 6.39. The fraction of sp³-hybridized carbons (Fsp3) is 1.00. The number of hydrogen-bond donors (Lipinski definition) is 0. The number of hydrogen-bond acceptors (Lipinski definition) is 1. The molecule has 86 valence electrons. The molecule has 0 fully saturated rings. The summed E-state index contributed by atoms with van der Waals surface area (Å²) in [4.78, 5) is 0. The maximum Gasteiger partial charge on any atom is 0.271 e. The average Bonchev–Trinajstić information content (AvgIpc) is 2.03. The van der Waals surface area contributed by atoms with Crippen molar-refractivity contribution in [2.45, 2.75) is 52.4 Å². The lowest BCUT2D eigenvalue weighted by Crippen LogP contribution is -2.31. The molecule has 0 amide bonds. The van der Waals surface area contributed by atoms with Gasteiger partial charge in [0.1, 0.15) is 6.61 Å². The number of alkyl halides is 2. The number of methoxy groups -OCH3 is 1. The van der Waals surface area contributed by atoms with Gasteiger partial charge in [0.15, 0.2) is 0 Å². The minimum absolute atomic E-state index is 0.0713. The van der Waals surface area contributed by atoms with E-state index in [1.165, 1.54) is 7.11 Å². The molecule has 0 aromatic heterocycles. The first-order valence-electron chi connectivity index (χ1n) is 5.26. The van der Waals surface area contributed by atoms with E-state index in [1.807, 2.05) is 20.8 Å². The Morgan fingerprint density at radius 3 is 2.14 bits per heavy atom. The number of halogens is 2. The largest absolute Gasteiger partial charge is 0.378 e. The lowest BCUT2D eigenvalue weighted by atomic mass is 9.78. The molecular weight excluding hydrogens is 186 g/mol. The number of rotatable bonds is 7. The quantitative estimate of drug-likeness (QED) is 0.617. The van der Waals surface area contributed by atoms with Gasteiger partial charge in [0.05, 0.1) is 0 Å². The molecule has 1 unspecified atom stereocenters. The molecule has 0 saturated carbocycles. The van der Waals surface area contributed by atoms with Crippen LogP contribution < -0.4 is 0 Å². The van der Waals surface area contributed by atoms with Gasteiger partial charge in [-0.15, -0.1) is 0 Å². The van der Waals surface area contributed by atoms with Crippen LogP contribution >= 0.6 is 0 Å². The van der Waals surface area contributed by atoms with Gasteiger partial charge in [0.25, 0.3) is 5.92 Å². The summed E-state index contributed by atoms with van der Waals surface area (Å²) in [7, 11) is 1.32. The van der Waals surface area contributed by atoms with Gasteiger partial charge in [0, 0.05) is 13.5 Å². The fourth-order valence-electron chi connectivity index (χ4n) is 1.88. The van der Waals surface area contributed by atoms with Crippen molar-refractivity contribution in [2.75, 3.05) is 13.7 Å². The lowest BCUT2D eigenvalue weighted by Gasteiger charge is -2.31. The second-order valence-corrected chi connectivity index (χ2v) is 4.38. The van der Waals surface area contributed by atoms with Gasteiger partial charge in [0.2, 0.25) is 0 Å². The maximum atomic E-state index is 13.3. The summed E-state index contributed by atoms with van der Waals surface area (Å²) in [6.07, 6.45) is 2.52. The van der Waals surface area contributed by atoms with Crippen LogP contribution in [0.2, 0.25) is 0 Å². The topological polar surface area (TPSA) is 9.23 Å². The Kier molecular flexibility index (Phi) is 5.57. The predicted octanol–water partition coefficient (Wildman–Crippen LogP) is 3.87. The molecule has 0 aliphatic heterocycles. The molecule has 0 heterocycles. The van der Waals surface area contributed by atoms with Crippen LogP contribution in [0.15, 0.2) is 0 Å². The highest BCUT2D eigenvalue weighted by molar-refractivity contribution is 4.80. The molecule has 0 bridgehead atoms. The van der Waals surface area contributed by atoms with E-state index in [1.54, 1.807) is 0 Å². The first-order valence-corrected chi connectivity index (χ1v) is 5.26. The zero-order valence-corrected chi connectivity index (χ0v) is 9.70. The maximum absolute atomic E-state index is 13.3. The van der Waals surface area contributed by atoms with Gasteiger partial charge in [-0.1, -0.05) is 33.6 Å². The summed E-state index contributed by atoms with van der Waals surface area (Å²) in [6, 6.07) is 0. The lowest BCUT2D eigenvalue weighted by molar-refractivity contribution is -0.0953. The van der Waals surface area contributed by atoms with E-state index >= 15 is 0 Å². The Morgan fingerprint density at radius 1 is 1.21 bits per heavy atom. The van der Waals surface area contributed by atoms with Crippen molar-refractivity contribution in [3.63, 3.8) is 0 Å². The molecular formula is C11H22F2O. The summed E-state index contributed by atoms with van der Waals surface area (Å²) in [5, 5.41) is 0. The van der Waals surface area contributed by atoms with Crippen LogP contribution in [0.4, 0.5) is 8.78 Å². The summed E-state index contributed by atoms with van der Waals surface area (Å²) in [5.41, 5.74) is -0.253. The average molecular weight is 208 g/mol. The molecule has 0 aliphatic carbocycles. The van der Waals surface area contributed by atoms with Crippen molar-refractivity contribution >= 4 is 0 Å². The molecule has 14 heavy (non-hydrogen) atoms. The zero-order valence-electron chi connectivity index (χ0n) is 9.70. The van der Waals surface area contributed by atoms with E-state index in [0.29, 0.717) is 0 Å². The minimum atomic E-state index is -2.69. The normalized spacial score (nSPS) is 16.7. The summed E-state index contributed by atoms with van der Waals surface area (Å²) in [6.45, 7) is 5.47. The zero-order chi connectivity index (χ0) is 11.2. The molecule has 0 aromatic rings. The van der Waals surface area contributed by atoms with E-state index in [0.717, 1.165) is 19.3 Å². The van der Waals surface area contributed by atoms with Crippen molar-refractivity contribution in [1.29, 1.82) is 0 Å². The monoisotopic (exact) mass is 208 g/mol. The Labute approximate surface area is 85.8 Å². The van der Waals surface area contributed by atoms with E-state index in [4.69, 9.17) is 0 Å². The molecule has 0 aliphatic rings. The van der Waals surface area contributed by atoms with Gasteiger partial charge in [-0.25, -0.2) is 8.78 Å². The highest BCUT2D eigenvalue weighted by atomic mass is 19.3. The van der Waals surface area contributed by atoms with Gasteiger partial charge >= 0.3 is 0 Å². The van der Waals surface area contributed by atoms with Gasteiger partial charge in [-0.05, 0) is 11.8 Å². The van der Waals surface area contributed by atoms with Crippen molar-refractivity contribution < 1.29 is 13.5 Å². The molecule has 0 spiro atoms. The minimum Gasteiger partial charge on any atom is -0.378 e. The molecule has 0 rings (SSSR count). The van der Waals surface area contributed by atoms with Crippen LogP contribution in [0.25, 0.3) is 0 Å². The fourth-order valence-corrected chi connectivity index (χ4v) is 1.88. The molecule has 0 aromatic carbocycles. The first kappa shape index (κ1) is 13.8. The summed E-state index contributed by atoms with van der Waals surface area (Å²) in [5.74, 6) is -2.69. The van der Waals surface area contributed by atoms with Crippen molar-refractivity contribution in [2.24, 2.45) is 5.41 Å². The third-order valence-corrected chi connectivity index (χ3v) is 2.75. The van der Waals surface area contributed by atoms with Crippen LogP contribution in [-0.4, -0.2) is 19.6 Å². The Bertz CT molecular complexity index is 159. The third kappa shape index (κ3) is 4.89. The molecule has 0 N–H and O–H groups in total. The summed E-state index contributed by atoms with van der Waals surface area (Å²) < 4.78 is 31.1. The molecule has 1 atom stereocenters. The summed E-state index contributed by atoms with van der Waals surface area (Å²) >= 11 is 0. The van der Waals surface area contributed by atoms with Crippen molar-refractivity contribution in [3.8, 4) is 0 Å². The Balaban J connectivity index is 4.28. The van der Waals surface area contributed by atoms with Crippen LogP contribution in [0, 0.1) is 5.41 Å². The van der Waals surface area contributed by atoms with Crippen LogP contribution in [0.3, 0.4) is 0 Å². The van der Waals surface area contributed by atoms with Crippen LogP contribution in [0.1, 0.15) is 46.5 Å². The van der Waals surface area contributed by atoms with E-state index < -0.39 is 12.5 Å². The Morgan fingerprint density at radius 2 is 1.79 bits per heavy atom. The van der Waals surface area contributed by atoms with Crippen molar-refractivity contribution in [3.05, 3.63) is 0 Å². The standard InChI is InChI=1S/C11H22F2O/c1-5-7-10(3,6-2)8-11(12,13)9-14-4/h5-9H2,1-4H3. The van der Waals surface area contributed by atoms with Crippen LogP contribution in [-0.2, 0) is 4.74 Å². The molecule has 3 heteroatoms. The van der Waals surface area contributed by atoms with Gasteiger partial charge < -0.3 is 4.74 Å². The third-order valence-electron chi connectivity index (χ3n) is 2.75. The van der Waals surface area contributed by atoms with Gasteiger partial charge in [-0.3, -0.25) is 0 Å². The highest BCUT2D eigenvalue weighted by Gasteiger charge is 2.37. The molecule has 0 saturated heterocycles. The van der Waals surface area contributed by atoms with E-state index in [9.17, 15) is 8.78 Å². The van der Waals surface area contributed by atoms with Crippen molar-refractivity contribution in [1.82, 2.24) is 0 Å². The second-order valence-electron chi connectivity index (χ2n) is 4.38. The van der Waals surface area contributed by atoms with Gasteiger partial charge in [-0.2, -0.15) is 0 Å². The molecule has 0 radical (unpaired) electrons. The smallest absolute Gasteiger partial charge is 0.271 e. The SMILES string of the molecule is CCCC(C)(CC)CC(F)(F)COC. The van der Waals surface area contributed by atoms with Crippen LogP contribution in [0.5, 0.6) is 0 Å².